The Morgan fingerprint density at radius 1 is 1.38 bits per heavy atom. The van der Waals surface area contributed by atoms with Crippen molar-refractivity contribution in [2.75, 3.05) is 19.8 Å². The molecule has 1 amide bonds. The number of hydrogen-bond acceptors (Lipinski definition) is 2. The molecule has 4 nitrogen and oxygen atoms in total. The second-order valence-corrected chi connectivity index (χ2v) is 7.28. The number of aromatic nitrogens is 1. The average molecular weight is 326 g/mol. The van der Waals surface area contributed by atoms with Crippen molar-refractivity contribution in [3.05, 3.63) is 35.5 Å². The predicted octanol–water partition coefficient (Wildman–Crippen LogP) is 3.44. The van der Waals surface area contributed by atoms with E-state index in [0.29, 0.717) is 25.0 Å². The fraction of sp³-hybridized carbons (Fsp3) is 0.550. The molecule has 1 saturated carbocycles. The van der Waals surface area contributed by atoms with Crippen LogP contribution in [0.2, 0.25) is 0 Å². The van der Waals surface area contributed by atoms with Crippen molar-refractivity contribution in [3.63, 3.8) is 0 Å². The minimum absolute atomic E-state index is 0.289. The summed E-state index contributed by atoms with van der Waals surface area (Å²) < 4.78 is 5.64. The second kappa shape index (κ2) is 6.60. The molecule has 1 N–H and O–H groups in total. The third kappa shape index (κ3) is 2.95. The summed E-state index contributed by atoms with van der Waals surface area (Å²) in [5.74, 6) is 0.946. The Balaban J connectivity index is 1.44. The van der Waals surface area contributed by atoms with Crippen LogP contribution < -0.4 is 0 Å². The lowest BCUT2D eigenvalue weighted by atomic mass is 9.79. The third-order valence-electron chi connectivity index (χ3n) is 5.71. The topological polar surface area (TPSA) is 45.3 Å². The maximum atomic E-state index is 12.8. The van der Waals surface area contributed by atoms with Crippen LogP contribution in [0.5, 0.6) is 0 Å². The highest BCUT2D eigenvalue weighted by Crippen LogP contribution is 2.34. The van der Waals surface area contributed by atoms with Crippen molar-refractivity contribution in [3.8, 4) is 0 Å². The fourth-order valence-electron chi connectivity index (χ4n) is 4.03. The minimum atomic E-state index is 0.289. The number of H-pyrrole nitrogens is 1. The SMILES string of the molecule is Cc1ccc2[nH]cc(CCC(=O)N3CCOC[C@H]3C3CCC3)c2c1. The summed E-state index contributed by atoms with van der Waals surface area (Å²) in [7, 11) is 0. The molecular weight excluding hydrogens is 300 g/mol. The first-order chi connectivity index (χ1) is 11.7. The average Bonchev–Trinajstić information content (AvgIpc) is 2.94. The molecule has 2 fully saturated rings. The third-order valence-corrected chi connectivity index (χ3v) is 5.71. The molecule has 2 aromatic rings. The Hall–Kier alpha value is -1.81. The number of nitrogens with one attached hydrogen (secondary N) is 1. The normalized spacial score (nSPS) is 21.9. The van der Waals surface area contributed by atoms with E-state index in [1.807, 2.05) is 0 Å². The molecule has 1 aliphatic carbocycles. The molecule has 1 aromatic heterocycles. The summed E-state index contributed by atoms with van der Waals surface area (Å²) in [4.78, 5) is 18.2. The lowest BCUT2D eigenvalue weighted by Gasteiger charge is -2.43. The molecule has 4 rings (SSSR count). The van der Waals surface area contributed by atoms with Gasteiger partial charge in [-0.15, -0.1) is 0 Å². The van der Waals surface area contributed by atoms with Gasteiger partial charge in [-0.05, 0) is 49.8 Å². The number of carbonyl (C=O) groups excluding carboxylic acids is 1. The summed E-state index contributed by atoms with van der Waals surface area (Å²) in [5, 5.41) is 1.25. The van der Waals surface area contributed by atoms with Gasteiger partial charge in [-0.2, -0.15) is 0 Å². The van der Waals surface area contributed by atoms with E-state index in [9.17, 15) is 4.79 Å². The zero-order chi connectivity index (χ0) is 16.5. The van der Waals surface area contributed by atoms with E-state index in [-0.39, 0.29) is 5.91 Å². The van der Waals surface area contributed by atoms with E-state index < -0.39 is 0 Å². The zero-order valence-corrected chi connectivity index (χ0v) is 14.4. The number of aromatic amines is 1. The number of benzene rings is 1. The highest BCUT2D eigenvalue weighted by atomic mass is 16.5. The van der Waals surface area contributed by atoms with Crippen LogP contribution in [0.15, 0.2) is 24.4 Å². The molecule has 4 heteroatoms. The number of amides is 1. The summed E-state index contributed by atoms with van der Waals surface area (Å²) in [6.07, 6.45) is 7.25. The summed E-state index contributed by atoms with van der Waals surface area (Å²) in [5.41, 5.74) is 3.66. The Morgan fingerprint density at radius 3 is 3.04 bits per heavy atom. The Labute approximate surface area is 143 Å². The van der Waals surface area contributed by atoms with Crippen LogP contribution in [-0.2, 0) is 16.0 Å². The fourth-order valence-corrected chi connectivity index (χ4v) is 4.03. The molecule has 1 aromatic carbocycles. The quantitative estimate of drug-likeness (QED) is 0.935. The van der Waals surface area contributed by atoms with Gasteiger partial charge in [0.25, 0.3) is 0 Å². The van der Waals surface area contributed by atoms with E-state index in [1.165, 1.54) is 35.8 Å². The highest BCUT2D eigenvalue weighted by Gasteiger charge is 2.36. The number of ether oxygens (including phenoxy) is 1. The summed E-state index contributed by atoms with van der Waals surface area (Å²) >= 11 is 0. The van der Waals surface area contributed by atoms with Crippen molar-refractivity contribution in [2.24, 2.45) is 5.92 Å². The number of nitrogens with zero attached hydrogens (tertiary/aromatic N) is 1. The first kappa shape index (κ1) is 15.7. The van der Waals surface area contributed by atoms with Gasteiger partial charge >= 0.3 is 0 Å². The van der Waals surface area contributed by atoms with E-state index in [1.54, 1.807) is 0 Å². The Morgan fingerprint density at radius 2 is 2.25 bits per heavy atom. The smallest absolute Gasteiger partial charge is 0.223 e. The van der Waals surface area contributed by atoms with Crippen LogP contribution in [0, 0.1) is 12.8 Å². The van der Waals surface area contributed by atoms with Crippen molar-refractivity contribution >= 4 is 16.8 Å². The molecule has 24 heavy (non-hydrogen) atoms. The molecule has 0 radical (unpaired) electrons. The van der Waals surface area contributed by atoms with Gasteiger partial charge in [-0.3, -0.25) is 4.79 Å². The van der Waals surface area contributed by atoms with Crippen LogP contribution in [-0.4, -0.2) is 41.6 Å². The van der Waals surface area contributed by atoms with Gasteiger partial charge in [0, 0.05) is 30.1 Å². The molecule has 128 valence electrons. The van der Waals surface area contributed by atoms with Crippen LogP contribution in [0.25, 0.3) is 10.9 Å². The minimum Gasteiger partial charge on any atom is -0.377 e. The van der Waals surface area contributed by atoms with Crippen LogP contribution in [0.4, 0.5) is 0 Å². The number of fused-ring (bicyclic) bond motifs is 1. The van der Waals surface area contributed by atoms with Gasteiger partial charge in [-0.1, -0.05) is 18.1 Å². The van der Waals surface area contributed by atoms with E-state index >= 15 is 0 Å². The molecule has 0 spiro atoms. The molecule has 2 aliphatic rings. The van der Waals surface area contributed by atoms with Gasteiger partial charge in [-0.25, -0.2) is 0 Å². The molecule has 2 heterocycles. The maximum Gasteiger partial charge on any atom is 0.223 e. The monoisotopic (exact) mass is 326 g/mol. The second-order valence-electron chi connectivity index (χ2n) is 7.28. The lowest BCUT2D eigenvalue weighted by Crippen LogP contribution is -2.53. The molecular formula is C20H26N2O2. The zero-order valence-electron chi connectivity index (χ0n) is 14.4. The number of aryl methyl sites for hydroxylation is 2. The molecule has 1 atom stereocenters. The highest BCUT2D eigenvalue weighted by molar-refractivity contribution is 5.85. The van der Waals surface area contributed by atoms with Crippen LogP contribution in [0.3, 0.4) is 0 Å². The lowest BCUT2D eigenvalue weighted by molar-refractivity contribution is -0.143. The van der Waals surface area contributed by atoms with Gasteiger partial charge in [0.05, 0.1) is 19.3 Å². The summed E-state index contributed by atoms with van der Waals surface area (Å²) in [6, 6.07) is 6.75. The van der Waals surface area contributed by atoms with Gasteiger partial charge in [0.1, 0.15) is 0 Å². The van der Waals surface area contributed by atoms with Crippen molar-refractivity contribution < 1.29 is 9.53 Å². The van der Waals surface area contributed by atoms with E-state index in [0.717, 1.165) is 25.1 Å². The number of morpholine rings is 1. The largest absolute Gasteiger partial charge is 0.377 e. The van der Waals surface area contributed by atoms with E-state index in [2.05, 4.69) is 41.2 Å². The number of carbonyl (C=O) groups is 1. The number of rotatable bonds is 4. The van der Waals surface area contributed by atoms with Crippen molar-refractivity contribution in [1.29, 1.82) is 0 Å². The maximum absolute atomic E-state index is 12.8. The molecule has 0 unspecified atom stereocenters. The first-order valence-corrected chi connectivity index (χ1v) is 9.16. The van der Waals surface area contributed by atoms with Crippen LogP contribution in [0.1, 0.15) is 36.8 Å². The predicted molar refractivity (Wildman–Crippen MR) is 95.0 cm³/mol. The number of hydrogen-bond donors (Lipinski definition) is 1. The van der Waals surface area contributed by atoms with Crippen LogP contribution >= 0.6 is 0 Å². The molecule has 1 aliphatic heterocycles. The standard InChI is InChI=1S/C20H26N2O2/c1-14-5-7-18-17(11-14)16(12-21-18)6-8-20(23)22-9-10-24-13-19(22)15-3-2-4-15/h5,7,11-12,15,19,21H,2-4,6,8-10,13H2,1H3/t19-/m0/s1. The van der Waals surface area contributed by atoms with Gasteiger partial charge in [0.2, 0.25) is 5.91 Å². The summed E-state index contributed by atoms with van der Waals surface area (Å²) in [6.45, 7) is 4.27. The Bertz CT molecular complexity index is 732. The van der Waals surface area contributed by atoms with Gasteiger partial charge < -0.3 is 14.6 Å². The van der Waals surface area contributed by atoms with Crippen molar-refractivity contribution in [1.82, 2.24) is 9.88 Å². The van der Waals surface area contributed by atoms with Gasteiger partial charge in [0.15, 0.2) is 0 Å². The van der Waals surface area contributed by atoms with Crippen molar-refractivity contribution in [2.45, 2.75) is 45.1 Å². The first-order valence-electron chi connectivity index (χ1n) is 9.16. The Kier molecular flexibility index (Phi) is 4.31. The molecule has 0 bridgehead atoms. The molecule has 1 saturated heterocycles. The van der Waals surface area contributed by atoms with E-state index in [4.69, 9.17) is 4.74 Å².